The Morgan fingerprint density at radius 2 is 1.73 bits per heavy atom. The highest BCUT2D eigenvalue weighted by Gasteiger charge is 2.19. The Hall–Kier alpha value is -2.69. The van der Waals surface area contributed by atoms with E-state index < -0.39 is 0 Å². The fraction of sp³-hybridized carbons (Fsp3) is 0.333. The highest BCUT2D eigenvalue weighted by Crippen LogP contribution is 2.20. The predicted octanol–water partition coefficient (Wildman–Crippen LogP) is 3.48. The number of amides is 2. The number of rotatable bonds is 8. The molecule has 0 bridgehead atoms. The minimum Gasteiger partial charge on any atom is -0.356 e. The van der Waals surface area contributed by atoms with Gasteiger partial charge in [0.1, 0.15) is 5.82 Å². The zero-order chi connectivity index (χ0) is 18.9. The van der Waals surface area contributed by atoms with Gasteiger partial charge in [-0.15, -0.1) is 0 Å². The third kappa shape index (κ3) is 5.99. The second kappa shape index (κ2) is 9.70. The van der Waals surface area contributed by atoms with E-state index in [0.29, 0.717) is 19.5 Å². The lowest BCUT2D eigenvalue weighted by Gasteiger charge is -2.28. The van der Waals surface area contributed by atoms with Crippen LogP contribution in [0.2, 0.25) is 0 Å². The monoisotopic (exact) mass is 356 g/mol. The molecule has 1 atom stereocenters. The molecule has 0 spiro atoms. The van der Waals surface area contributed by atoms with Crippen molar-refractivity contribution < 1.29 is 14.0 Å². The third-order valence-corrected chi connectivity index (χ3v) is 4.38. The smallest absolute Gasteiger partial charge is 0.221 e. The van der Waals surface area contributed by atoms with Gasteiger partial charge in [0.25, 0.3) is 0 Å². The molecule has 26 heavy (non-hydrogen) atoms. The first kappa shape index (κ1) is 19.6. The molecule has 0 aliphatic carbocycles. The predicted molar refractivity (Wildman–Crippen MR) is 100.0 cm³/mol. The average molecular weight is 356 g/mol. The summed E-state index contributed by atoms with van der Waals surface area (Å²) in [5, 5.41) is 2.85. The largest absolute Gasteiger partial charge is 0.356 e. The van der Waals surface area contributed by atoms with Crippen molar-refractivity contribution in [3.05, 3.63) is 71.5 Å². The van der Waals surface area contributed by atoms with Gasteiger partial charge in [0, 0.05) is 26.4 Å². The van der Waals surface area contributed by atoms with Crippen LogP contribution in [0.15, 0.2) is 54.6 Å². The van der Waals surface area contributed by atoms with E-state index in [-0.39, 0.29) is 30.1 Å². The molecule has 1 N–H and O–H groups in total. The molecule has 2 amide bonds. The van der Waals surface area contributed by atoms with Gasteiger partial charge in [-0.3, -0.25) is 9.59 Å². The van der Waals surface area contributed by atoms with E-state index in [2.05, 4.69) is 5.32 Å². The summed E-state index contributed by atoms with van der Waals surface area (Å²) < 4.78 is 12.9. The number of hydrogen-bond donors (Lipinski definition) is 1. The van der Waals surface area contributed by atoms with E-state index in [9.17, 15) is 14.0 Å². The summed E-state index contributed by atoms with van der Waals surface area (Å²) in [7, 11) is 0. The van der Waals surface area contributed by atoms with Crippen LogP contribution in [0.1, 0.15) is 37.4 Å². The standard InChI is InChI=1S/C21H25FN2O2/c1-16(19-6-4-3-5-7-19)24(17(2)25)15-13-21(26)23-14-12-18-8-10-20(22)11-9-18/h3-11,16H,12-15H2,1-2H3,(H,23,26). The zero-order valence-electron chi connectivity index (χ0n) is 15.2. The summed E-state index contributed by atoms with van der Waals surface area (Å²) in [5.74, 6) is -0.422. The second-order valence-corrected chi connectivity index (χ2v) is 6.28. The van der Waals surface area contributed by atoms with E-state index >= 15 is 0 Å². The Balaban J connectivity index is 1.79. The van der Waals surface area contributed by atoms with Crippen molar-refractivity contribution in [2.24, 2.45) is 0 Å². The van der Waals surface area contributed by atoms with Crippen LogP contribution in [-0.2, 0) is 16.0 Å². The van der Waals surface area contributed by atoms with Crippen molar-refractivity contribution in [2.75, 3.05) is 13.1 Å². The average Bonchev–Trinajstić information content (AvgIpc) is 2.64. The first-order valence-corrected chi connectivity index (χ1v) is 8.80. The van der Waals surface area contributed by atoms with Crippen molar-refractivity contribution >= 4 is 11.8 Å². The van der Waals surface area contributed by atoms with E-state index in [0.717, 1.165) is 11.1 Å². The van der Waals surface area contributed by atoms with Crippen molar-refractivity contribution in [1.82, 2.24) is 10.2 Å². The van der Waals surface area contributed by atoms with E-state index in [1.54, 1.807) is 17.0 Å². The van der Waals surface area contributed by atoms with Gasteiger partial charge in [-0.1, -0.05) is 42.5 Å². The molecule has 2 aromatic carbocycles. The zero-order valence-corrected chi connectivity index (χ0v) is 15.2. The fourth-order valence-electron chi connectivity index (χ4n) is 2.84. The van der Waals surface area contributed by atoms with E-state index in [1.807, 2.05) is 37.3 Å². The van der Waals surface area contributed by atoms with Crippen LogP contribution in [-0.4, -0.2) is 29.8 Å². The van der Waals surface area contributed by atoms with Crippen LogP contribution in [0.25, 0.3) is 0 Å². The van der Waals surface area contributed by atoms with Crippen molar-refractivity contribution in [3.8, 4) is 0 Å². The van der Waals surface area contributed by atoms with Crippen molar-refractivity contribution in [2.45, 2.75) is 32.7 Å². The minimum atomic E-state index is -0.269. The van der Waals surface area contributed by atoms with Gasteiger partial charge < -0.3 is 10.2 Å². The van der Waals surface area contributed by atoms with Gasteiger partial charge in [-0.25, -0.2) is 4.39 Å². The Labute approximate surface area is 154 Å². The Bertz CT molecular complexity index is 717. The molecular formula is C21H25FN2O2. The molecule has 2 aromatic rings. The molecule has 0 aliphatic heterocycles. The maximum absolute atomic E-state index is 12.9. The third-order valence-electron chi connectivity index (χ3n) is 4.38. The van der Waals surface area contributed by atoms with Crippen LogP contribution < -0.4 is 5.32 Å². The number of carbonyl (C=O) groups excluding carboxylic acids is 2. The summed E-state index contributed by atoms with van der Waals surface area (Å²) >= 11 is 0. The lowest BCUT2D eigenvalue weighted by Crippen LogP contribution is -2.36. The van der Waals surface area contributed by atoms with E-state index in [4.69, 9.17) is 0 Å². The van der Waals surface area contributed by atoms with Gasteiger partial charge in [-0.2, -0.15) is 0 Å². The van der Waals surface area contributed by atoms with Gasteiger partial charge in [0.2, 0.25) is 11.8 Å². The first-order chi connectivity index (χ1) is 12.5. The number of benzene rings is 2. The summed E-state index contributed by atoms with van der Waals surface area (Å²) in [6.07, 6.45) is 0.892. The molecule has 1 unspecified atom stereocenters. The van der Waals surface area contributed by atoms with Gasteiger partial charge in [0.15, 0.2) is 0 Å². The highest BCUT2D eigenvalue weighted by molar-refractivity contribution is 5.78. The molecular weight excluding hydrogens is 331 g/mol. The molecule has 4 nitrogen and oxygen atoms in total. The Morgan fingerprint density at radius 3 is 2.35 bits per heavy atom. The molecule has 5 heteroatoms. The molecule has 0 heterocycles. The minimum absolute atomic E-state index is 0.0551. The topological polar surface area (TPSA) is 49.4 Å². The molecule has 0 aliphatic rings. The first-order valence-electron chi connectivity index (χ1n) is 8.80. The Kier molecular flexibility index (Phi) is 7.33. The molecule has 0 saturated heterocycles. The van der Waals surface area contributed by atoms with Gasteiger partial charge >= 0.3 is 0 Å². The summed E-state index contributed by atoms with van der Waals surface area (Å²) in [6, 6.07) is 15.9. The van der Waals surface area contributed by atoms with Crippen LogP contribution in [0.4, 0.5) is 4.39 Å². The van der Waals surface area contributed by atoms with Crippen LogP contribution in [0, 0.1) is 5.82 Å². The fourth-order valence-corrected chi connectivity index (χ4v) is 2.84. The number of halogens is 1. The SMILES string of the molecule is CC(=O)N(CCC(=O)NCCc1ccc(F)cc1)C(C)c1ccccc1. The lowest BCUT2D eigenvalue weighted by atomic mass is 10.1. The number of carbonyl (C=O) groups is 2. The molecule has 0 fully saturated rings. The van der Waals surface area contributed by atoms with Crippen LogP contribution >= 0.6 is 0 Å². The molecule has 0 aromatic heterocycles. The molecule has 0 radical (unpaired) electrons. The summed E-state index contributed by atoms with van der Waals surface area (Å²) in [6.45, 7) is 4.33. The van der Waals surface area contributed by atoms with Crippen LogP contribution in [0.5, 0.6) is 0 Å². The molecule has 0 saturated carbocycles. The summed E-state index contributed by atoms with van der Waals surface area (Å²) in [4.78, 5) is 25.7. The number of hydrogen-bond acceptors (Lipinski definition) is 2. The maximum Gasteiger partial charge on any atom is 0.221 e. The van der Waals surface area contributed by atoms with Gasteiger partial charge in [-0.05, 0) is 36.6 Å². The van der Waals surface area contributed by atoms with Crippen molar-refractivity contribution in [1.29, 1.82) is 0 Å². The van der Waals surface area contributed by atoms with Crippen LogP contribution in [0.3, 0.4) is 0 Å². The summed E-state index contributed by atoms with van der Waals surface area (Å²) in [5.41, 5.74) is 2.01. The molecule has 138 valence electrons. The lowest BCUT2D eigenvalue weighted by molar-refractivity contribution is -0.131. The highest BCUT2D eigenvalue weighted by atomic mass is 19.1. The molecule has 2 rings (SSSR count). The number of nitrogens with one attached hydrogen (secondary N) is 1. The van der Waals surface area contributed by atoms with Gasteiger partial charge in [0.05, 0.1) is 6.04 Å². The normalized spacial score (nSPS) is 11.7. The number of nitrogens with zero attached hydrogens (tertiary/aromatic N) is 1. The van der Waals surface area contributed by atoms with E-state index in [1.165, 1.54) is 19.1 Å². The Morgan fingerprint density at radius 1 is 1.08 bits per heavy atom. The van der Waals surface area contributed by atoms with Crippen molar-refractivity contribution in [3.63, 3.8) is 0 Å². The maximum atomic E-state index is 12.9. The second-order valence-electron chi connectivity index (χ2n) is 6.28. The quantitative estimate of drug-likeness (QED) is 0.787.